The van der Waals surface area contributed by atoms with Crippen molar-refractivity contribution in [3.05, 3.63) is 0 Å². The molecule has 0 heterocycles. The molecule has 0 bridgehead atoms. The van der Waals surface area contributed by atoms with Gasteiger partial charge in [-0.15, -0.1) is 0 Å². The largest absolute Gasteiger partial charge is 0.375 e. The molecule has 1 atom stereocenters. The van der Waals surface area contributed by atoms with E-state index in [2.05, 4.69) is 19.2 Å². The lowest BCUT2D eigenvalue weighted by atomic mass is 9.89. The molecule has 1 unspecified atom stereocenters. The molecule has 12 heavy (non-hydrogen) atoms. The fourth-order valence-electron chi connectivity index (χ4n) is 1.72. The first-order valence-electron chi connectivity index (χ1n) is 5.09. The molecule has 72 valence electrons. The van der Waals surface area contributed by atoms with E-state index in [-0.39, 0.29) is 0 Å². The van der Waals surface area contributed by atoms with E-state index in [4.69, 9.17) is 4.74 Å². The average Bonchev–Trinajstić information content (AvgIpc) is 1.96. The molecule has 0 aliphatic heterocycles. The lowest BCUT2D eigenvalue weighted by molar-refractivity contribution is -0.0587. The highest BCUT2D eigenvalue weighted by Crippen LogP contribution is 2.24. The molecule has 0 radical (unpaired) electrons. The van der Waals surface area contributed by atoms with E-state index < -0.39 is 0 Å². The SMILES string of the molecule is CCCC(C)OC1CC(NC)C1. The molecule has 0 aromatic carbocycles. The van der Waals surface area contributed by atoms with Gasteiger partial charge in [0.2, 0.25) is 0 Å². The monoisotopic (exact) mass is 171 g/mol. The minimum Gasteiger partial charge on any atom is -0.375 e. The second-order valence-electron chi connectivity index (χ2n) is 3.81. The van der Waals surface area contributed by atoms with Gasteiger partial charge in [0.1, 0.15) is 0 Å². The normalized spacial score (nSPS) is 31.2. The summed E-state index contributed by atoms with van der Waals surface area (Å²) in [5.41, 5.74) is 0. The van der Waals surface area contributed by atoms with Gasteiger partial charge in [0.05, 0.1) is 12.2 Å². The molecule has 1 aliphatic carbocycles. The molecule has 1 N–H and O–H groups in total. The minimum absolute atomic E-state index is 0.456. The van der Waals surface area contributed by atoms with Crippen LogP contribution in [0.5, 0.6) is 0 Å². The molecule has 1 saturated carbocycles. The van der Waals surface area contributed by atoms with Crippen LogP contribution in [0.2, 0.25) is 0 Å². The van der Waals surface area contributed by atoms with Crippen LogP contribution in [0.1, 0.15) is 39.5 Å². The minimum atomic E-state index is 0.456. The predicted molar refractivity (Wildman–Crippen MR) is 51.3 cm³/mol. The molecular formula is C10H21NO. The summed E-state index contributed by atoms with van der Waals surface area (Å²) >= 11 is 0. The second kappa shape index (κ2) is 4.83. The summed E-state index contributed by atoms with van der Waals surface area (Å²) in [5, 5.41) is 3.26. The second-order valence-corrected chi connectivity index (χ2v) is 3.81. The Balaban J connectivity index is 2.02. The Morgan fingerprint density at radius 3 is 2.67 bits per heavy atom. The summed E-state index contributed by atoms with van der Waals surface area (Å²) in [5.74, 6) is 0. The Bertz CT molecular complexity index is 121. The Labute approximate surface area is 75.7 Å². The zero-order valence-electron chi connectivity index (χ0n) is 8.47. The van der Waals surface area contributed by atoms with Gasteiger partial charge < -0.3 is 10.1 Å². The number of ether oxygens (including phenoxy) is 1. The van der Waals surface area contributed by atoms with Gasteiger partial charge in [-0.1, -0.05) is 13.3 Å². The van der Waals surface area contributed by atoms with Gasteiger partial charge in [0, 0.05) is 6.04 Å². The number of hydrogen-bond donors (Lipinski definition) is 1. The first-order valence-corrected chi connectivity index (χ1v) is 5.09. The fraction of sp³-hybridized carbons (Fsp3) is 1.00. The number of hydrogen-bond acceptors (Lipinski definition) is 2. The Morgan fingerprint density at radius 1 is 1.50 bits per heavy atom. The fourth-order valence-corrected chi connectivity index (χ4v) is 1.72. The van der Waals surface area contributed by atoms with Crippen molar-refractivity contribution in [2.75, 3.05) is 7.05 Å². The Hall–Kier alpha value is -0.0800. The van der Waals surface area contributed by atoms with Gasteiger partial charge in [-0.2, -0.15) is 0 Å². The standard InChI is InChI=1S/C10H21NO/c1-4-5-8(2)12-10-6-9(7-10)11-3/h8-11H,4-7H2,1-3H3. The van der Waals surface area contributed by atoms with Crippen LogP contribution in [-0.4, -0.2) is 25.3 Å². The topological polar surface area (TPSA) is 21.3 Å². The van der Waals surface area contributed by atoms with E-state index in [0.717, 1.165) is 0 Å². The van der Waals surface area contributed by atoms with Crippen LogP contribution < -0.4 is 5.32 Å². The molecule has 0 aromatic rings. The van der Waals surface area contributed by atoms with Crippen LogP contribution in [0, 0.1) is 0 Å². The van der Waals surface area contributed by atoms with Gasteiger partial charge in [0.15, 0.2) is 0 Å². The van der Waals surface area contributed by atoms with Crippen LogP contribution >= 0.6 is 0 Å². The molecule has 1 rings (SSSR count). The van der Waals surface area contributed by atoms with E-state index in [1.54, 1.807) is 0 Å². The molecule has 1 fully saturated rings. The molecule has 2 nitrogen and oxygen atoms in total. The third-order valence-corrected chi connectivity index (χ3v) is 2.62. The van der Waals surface area contributed by atoms with E-state index in [1.165, 1.54) is 25.7 Å². The highest BCUT2D eigenvalue weighted by Gasteiger charge is 2.29. The van der Waals surface area contributed by atoms with Crippen molar-refractivity contribution < 1.29 is 4.74 Å². The van der Waals surface area contributed by atoms with E-state index in [1.807, 2.05) is 7.05 Å². The van der Waals surface area contributed by atoms with Crippen molar-refractivity contribution in [2.24, 2.45) is 0 Å². The summed E-state index contributed by atoms with van der Waals surface area (Å²) in [6, 6.07) is 0.712. The van der Waals surface area contributed by atoms with E-state index >= 15 is 0 Å². The Morgan fingerprint density at radius 2 is 2.17 bits per heavy atom. The van der Waals surface area contributed by atoms with Crippen molar-refractivity contribution in [1.29, 1.82) is 0 Å². The molecular weight excluding hydrogens is 150 g/mol. The molecule has 0 saturated heterocycles. The first-order chi connectivity index (χ1) is 5.76. The summed E-state index contributed by atoms with van der Waals surface area (Å²) in [6.45, 7) is 4.38. The maximum atomic E-state index is 5.82. The van der Waals surface area contributed by atoms with Gasteiger partial charge in [-0.05, 0) is 33.2 Å². The predicted octanol–water partition coefficient (Wildman–Crippen LogP) is 1.94. The zero-order valence-corrected chi connectivity index (χ0v) is 8.47. The van der Waals surface area contributed by atoms with Gasteiger partial charge in [-0.3, -0.25) is 0 Å². The van der Waals surface area contributed by atoms with Gasteiger partial charge >= 0.3 is 0 Å². The van der Waals surface area contributed by atoms with Crippen LogP contribution in [0.15, 0.2) is 0 Å². The Kier molecular flexibility index (Phi) is 4.02. The highest BCUT2D eigenvalue weighted by molar-refractivity contribution is 4.85. The lowest BCUT2D eigenvalue weighted by Crippen LogP contribution is -2.44. The summed E-state index contributed by atoms with van der Waals surface area (Å²) < 4.78 is 5.82. The number of rotatable bonds is 5. The summed E-state index contributed by atoms with van der Waals surface area (Å²) in [4.78, 5) is 0. The van der Waals surface area contributed by atoms with Gasteiger partial charge in [-0.25, -0.2) is 0 Å². The average molecular weight is 171 g/mol. The highest BCUT2D eigenvalue weighted by atomic mass is 16.5. The van der Waals surface area contributed by atoms with Crippen LogP contribution in [0.3, 0.4) is 0 Å². The zero-order chi connectivity index (χ0) is 8.97. The van der Waals surface area contributed by atoms with Crippen molar-refractivity contribution in [2.45, 2.75) is 57.8 Å². The van der Waals surface area contributed by atoms with E-state index in [0.29, 0.717) is 18.2 Å². The molecule has 2 heteroatoms. The maximum absolute atomic E-state index is 5.82. The van der Waals surface area contributed by atoms with Crippen LogP contribution in [0.25, 0.3) is 0 Å². The molecule has 0 amide bonds. The summed E-state index contributed by atoms with van der Waals surface area (Å²) in [7, 11) is 2.02. The molecule has 1 aliphatic rings. The van der Waals surface area contributed by atoms with Crippen molar-refractivity contribution in [1.82, 2.24) is 5.32 Å². The van der Waals surface area contributed by atoms with Gasteiger partial charge in [0.25, 0.3) is 0 Å². The van der Waals surface area contributed by atoms with Crippen molar-refractivity contribution in [3.63, 3.8) is 0 Å². The van der Waals surface area contributed by atoms with E-state index in [9.17, 15) is 0 Å². The number of nitrogens with one attached hydrogen (secondary N) is 1. The van der Waals surface area contributed by atoms with Crippen LogP contribution in [0.4, 0.5) is 0 Å². The third-order valence-electron chi connectivity index (χ3n) is 2.62. The quantitative estimate of drug-likeness (QED) is 0.682. The first kappa shape index (κ1) is 10.0. The van der Waals surface area contributed by atoms with Crippen molar-refractivity contribution in [3.8, 4) is 0 Å². The molecule has 0 spiro atoms. The maximum Gasteiger partial charge on any atom is 0.0608 e. The smallest absolute Gasteiger partial charge is 0.0608 e. The molecule has 0 aromatic heterocycles. The third kappa shape index (κ3) is 2.76. The summed E-state index contributed by atoms with van der Waals surface area (Å²) in [6.07, 6.45) is 5.81. The lowest BCUT2D eigenvalue weighted by Gasteiger charge is -2.36. The van der Waals surface area contributed by atoms with Crippen LogP contribution in [-0.2, 0) is 4.74 Å². The van der Waals surface area contributed by atoms with Crippen molar-refractivity contribution >= 4 is 0 Å².